The van der Waals surface area contributed by atoms with Gasteiger partial charge in [0.25, 0.3) is 0 Å². The van der Waals surface area contributed by atoms with Crippen molar-refractivity contribution in [2.75, 3.05) is 81.8 Å². The van der Waals surface area contributed by atoms with Crippen LogP contribution in [0.2, 0.25) is 0 Å². The van der Waals surface area contributed by atoms with Crippen LogP contribution in [0.15, 0.2) is 60.7 Å². The van der Waals surface area contributed by atoms with Crippen molar-refractivity contribution in [3.63, 3.8) is 0 Å². The van der Waals surface area contributed by atoms with Gasteiger partial charge in [0.1, 0.15) is 26.3 Å². The van der Waals surface area contributed by atoms with E-state index >= 15 is 0 Å². The molecule has 2 aromatic carbocycles. The average Bonchev–Trinajstić information content (AvgIpc) is 3.02. The van der Waals surface area contributed by atoms with E-state index in [0.717, 1.165) is 17.5 Å². The third kappa shape index (κ3) is 31.2. The molecule has 0 saturated carbocycles. The van der Waals surface area contributed by atoms with Gasteiger partial charge in [0.15, 0.2) is 12.2 Å². The topological polar surface area (TPSA) is 124 Å². The summed E-state index contributed by atoms with van der Waals surface area (Å²) in [5, 5.41) is 0. The van der Waals surface area contributed by atoms with Crippen molar-refractivity contribution in [1.82, 2.24) is 0 Å². The Morgan fingerprint density at radius 3 is 1.48 bits per heavy atom. The minimum Gasteiger partial charge on any atom is -1.00 e. The van der Waals surface area contributed by atoms with Gasteiger partial charge in [-0.1, -0.05) is 60.7 Å². The number of nitrogens with zero attached hydrogens (tertiary/aromatic N) is 2. The fourth-order valence-corrected chi connectivity index (χ4v) is 4.58. The highest BCUT2D eigenvalue weighted by atomic mass is 127. The molecule has 0 N–H and O–H groups in total. The van der Waals surface area contributed by atoms with Crippen LogP contribution in [-0.2, 0) is 60.8 Å². The van der Waals surface area contributed by atoms with E-state index in [-0.39, 0.29) is 104 Å². The van der Waals surface area contributed by atoms with E-state index in [9.17, 15) is 19.2 Å². The summed E-state index contributed by atoms with van der Waals surface area (Å²) in [6.07, 6.45) is 1.04. The lowest BCUT2D eigenvalue weighted by molar-refractivity contribution is -0.873. The third-order valence-corrected chi connectivity index (χ3v) is 6.63. The second kappa shape index (κ2) is 29.0. The molecule has 2 unspecified atom stereocenters. The molecule has 0 fully saturated rings. The van der Waals surface area contributed by atoms with Gasteiger partial charge in [0, 0.05) is 26.9 Å². The number of halogens is 2. The van der Waals surface area contributed by atoms with Gasteiger partial charge in [-0.2, -0.15) is 0 Å². The van der Waals surface area contributed by atoms with Gasteiger partial charge in [0.2, 0.25) is 0 Å². The SMILES string of the molecule is CC(=O)OCC(C[N+](C)(C)C)OC(C)=O.C[N+](C)(C)CC(COC(=O)CCCCOCc1ccccc1)OC(=O)CCOCc1ccccc1.[I-].[I-]. The number of benzene rings is 2. The molecule has 0 bridgehead atoms. The maximum Gasteiger partial charge on any atom is 0.308 e. The number of unbranched alkanes of at least 4 members (excludes halogenated alkanes) is 1. The minimum atomic E-state index is -0.505. The number of hydrogen-bond donors (Lipinski definition) is 0. The minimum absolute atomic E-state index is 0. The van der Waals surface area contributed by atoms with Crippen LogP contribution in [0.3, 0.4) is 0 Å². The van der Waals surface area contributed by atoms with Crippen LogP contribution in [0.25, 0.3) is 0 Å². The molecule has 2 rings (SSSR count). The molecule has 0 aliphatic carbocycles. The number of likely N-dealkylation sites (N-methyl/N-ethyl adjacent to an activating group) is 2. The van der Waals surface area contributed by atoms with E-state index in [0.29, 0.717) is 54.7 Å². The lowest BCUT2D eigenvalue weighted by Crippen LogP contribution is -3.00. The van der Waals surface area contributed by atoms with Crippen molar-refractivity contribution in [3.8, 4) is 0 Å². The zero-order valence-corrected chi connectivity index (χ0v) is 36.5. The fourth-order valence-electron chi connectivity index (χ4n) is 4.58. The molecule has 0 radical (unpaired) electrons. The molecule has 0 amide bonds. The Kier molecular flexibility index (Phi) is 28.9. The Morgan fingerprint density at radius 2 is 1.02 bits per heavy atom. The summed E-state index contributed by atoms with van der Waals surface area (Å²) in [6.45, 7) is 5.87. The van der Waals surface area contributed by atoms with Crippen molar-refractivity contribution < 1.29 is 105 Å². The van der Waals surface area contributed by atoms with E-state index in [1.807, 2.05) is 103 Å². The molecule has 2 aromatic rings. The van der Waals surface area contributed by atoms with Gasteiger partial charge in [-0.15, -0.1) is 0 Å². The van der Waals surface area contributed by atoms with Crippen LogP contribution in [0, 0.1) is 0 Å². The van der Waals surface area contributed by atoms with E-state index in [1.54, 1.807) is 0 Å². The van der Waals surface area contributed by atoms with Gasteiger partial charge in [-0.3, -0.25) is 19.2 Å². The van der Waals surface area contributed by atoms with Crippen LogP contribution in [0.4, 0.5) is 0 Å². The number of esters is 4. The predicted octanol–water partition coefficient (Wildman–Crippen LogP) is -1.66. The molecule has 0 aliphatic rings. The number of carbonyl (C=O) groups excluding carboxylic acids is 4. The summed E-state index contributed by atoms with van der Waals surface area (Å²) in [5.41, 5.74) is 2.19. The zero-order chi connectivity index (χ0) is 37.4. The summed E-state index contributed by atoms with van der Waals surface area (Å²) in [6, 6.07) is 19.8. The van der Waals surface area contributed by atoms with Crippen LogP contribution >= 0.6 is 0 Å². The van der Waals surface area contributed by atoms with Crippen molar-refractivity contribution in [1.29, 1.82) is 0 Å². The second-order valence-electron chi connectivity index (χ2n) is 14.1. The summed E-state index contributed by atoms with van der Waals surface area (Å²) >= 11 is 0. The molecule has 14 heteroatoms. The Labute approximate surface area is 345 Å². The quantitative estimate of drug-likeness (QED) is 0.0446. The van der Waals surface area contributed by atoms with Crippen molar-refractivity contribution in [3.05, 3.63) is 71.8 Å². The molecular formula is C38H60I2N2O10. The number of carbonyl (C=O) groups is 4. The predicted molar refractivity (Wildman–Crippen MR) is 189 cm³/mol. The van der Waals surface area contributed by atoms with E-state index < -0.39 is 6.10 Å². The molecule has 0 aromatic heterocycles. The summed E-state index contributed by atoms with van der Waals surface area (Å²) in [7, 11) is 11.9. The third-order valence-electron chi connectivity index (χ3n) is 6.63. The largest absolute Gasteiger partial charge is 1.00 e. The molecule has 52 heavy (non-hydrogen) atoms. The van der Waals surface area contributed by atoms with E-state index in [4.69, 9.17) is 28.4 Å². The Balaban J connectivity index is 0. The average molecular weight is 959 g/mol. The number of hydrogen-bond acceptors (Lipinski definition) is 10. The maximum atomic E-state index is 12.3. The fraction of sp³-hybridized carbons (Fsp3) is 0.579. The van der Waals surface area contributed by atoms with Gasteiger partial charge >= 0.3 is 23.9 Å². The van der Waals surface area contributed by atoms with Gasteiger partial charge < -0.3 is 85.3 Å². The normalized spacial score (nSPS) is 12.0. The van der Waals surface area contributed by atoms with Crippen molar-refractivity contribution >= 4 is 23.9 Å². The molecule has 12 nitrogen and oxygen atoms in total. The van der Waals surface area contributed by atoms with Crippen LogP contribution in [-0.4, -0.2) is 127 Å². The number of ether oxygens (including phenoxy) is 6. The number of rotatable bonds is 22. The van der Waals surface area contributed by atoms with Crippen molar-refractivity contribution in [2.24, 2.45) is 0 Å². The molecule has 0 spiro atoms. The Hall–Kier alpha value is -2.38. The summed E-state index contributed by atoms with van der Waals surface area (Å²) < 4.78 is 33.3. The van der Waals surface area contributed by atoms with E-state index in [1.165, 1.54) is 13.8 Å². The van der Waals surface area contributed by atoms with E-state index in [2.05, 4.69) is 0 Å². The van der Waals surface area contributed by atoms with Crippen LogP contribution < -0.4 is 48.0 Å². The molecular weight excluding hydrogens is 898 g/mol. The van der Waals surface area contributed by atoms with Gasteiger partial charge in [0.05, 0.1) is 68.5 Å². The Bertz CT molecular complexity index is 1260. The lowest BCUT2D eigenvalue weighted by atomic mass is 10.2. The molecule has 0 heterocycles. The first-order valence-electron chi connectivity index (χ1n) is 17.0. The highest BCUT2D eigenvalue weighted by Crippen LogP contribution is 2.08. The van der Waals surface area contributed by atoms with Crippen molar-refractivity contribution in [2.45, 2.75) is 65.0 Å². The Morgan fingerprint density at radius 1 is 0.558 bits per heavy atom. The monoisotopic (exact) mass is 958 g/mol. The zero-order valence-electron chi connectivity index (χ0n) is 32.1. The summed E-state index contributed by atoms with van der Waals surface area (Å²) in [5.74, 6) is -1.38. The first kappa shape index (κ1) is 51.7. The number of quaternary nitrogens is 2. The second-order valence-corrected chi connectivity index (χ2v) is 14.1. The first-order chi connectivity index (χ1) is 23.5. The van der Waals surface area contributed by atoms with Crippen LogP contribution in [0.5, 0.6) is 0 Å². The highest BCUT2D eigenvalue weighted by Gasteiger charge is 2.24. The smallest absolute Gasteiger partial charge is 0.308 e. The van der Waals surface area contributed by atoms with Gasteiger partial charge in [-0.05, 0) is 24.0 Å². The van der Waals surface area contributed by atoms with Gasteiger partial charge in [-0.25, -0.2) is 0 Å². The first-order valence-corrected chi connectivity index (χ1v) is 17.0. The lowest BCUT2D eigenvalue weighted by Gasteiger charge is -2.28. The molecule has 296 valence electrons. The summed E-state index contributed by atoms with van der Waals surface area (Å²) in [4.78, 5) is 45.9. The molecule has 2 atom stereocenters. The maximum absolute atomic E-state index is 12.3. The molecule has 0 aliphatic heterocycles. The standard InChI is InChI=1S/C28H40NO6.C10H20NO4.2HI/c1-29(2,3)20-26(35-28(31)17-19-33-22-25-14-8-5-9-15-25)23-34-27(30)16-10-11-18-32-21-24-12-6-4-7-13-24;1-8(12)14-7-10(15-9(2)13)6-11(3,4)5;;/h4-9,12-15,26H,10-11,16-23H2,1-3H3;10H,6-7H2,1-5H3;2*1H/q2*+1;;/p-2. The van der Waals surface area contributed by atoms with Crippen LogP contribution in [0.1, 0.15) is 50.7 Å². The highest BCUT2D eigenvalue weighted by molar-refractivity contribution is 5.70. The molecule has 0 saturated heterocycles.